The van der Waals surface area contributed by atoms with Gasteiger partial charge in [-0.2, -0.15) is 0 Å². The molecule has 114 valence electrons. The molecular formula is C18H17BrClNO. The second-order valence-corrected chi connectivity index (χ2v) is 7.00. The fraction of sp³-hybridized carbons (Fsp3) is 0.278. The summed E-state index contributed by atoms with van der Waals surface area (Å²) in [6.07, 6.45) is 2.64. The van der Waals surface area contributed by atoms with Crippen molar-refractivity contribution in [3.63, 3.8) is 0 Å². The standard InChI is InChI=1S/C18H17BrClNO/c19-15(12-14-7-1-3-9-16(14)20)18(22)21-11-5-8-13-6-2-4-10-17(13)21/h1-4,6-7,9-10,15H,5,8,11-12H2. The molecular weight excluding hydrogens is 362 g/mol. The van der Waals surface area contributed by atoms with Crippen molar-refractivity contribution in [3.05, 3.63) is 64.7 Å². The molecule has 0 aliphatic carbocycles. The Labute approximate surface area is 144 Å². The average Bonchev–Trinajstić information content (AvgIpc) is 2.55. The molecule has 0 radical (unpaired) electrons. The topological polar surface area (TPSA) is 20.3 Å². The van der Waals surface area contributed by atoms with E-state index in [-0.39, 0.29) is 10.7 Å². The number of aryl methyl sites for hydroxylation is 1. The van der Waals surface area contributed by atoms with E-state index < -0.39 is 0 Å². The van der Waals surface area contributed by atoms with Crippen LogP contribution in [0.3, 0.4) is 0 Å². The first-order valence-electron chi connectivity index (χ1n) is 7.43. The summed E-state index contributed by atoms with van der Waals surface area (Å²) >= 11 is 9.75. The zero-order chi connectivity index (χ0) is 15.5. The molecule has 2 nitrogen and oxygen atoms in total. The molecule has 2 aromatic carbocycles. The number of rotatable bonds is 3. The van der Waals surface area contributed by atoms with Gasteiger partial charge in [-0.25, -0.2) is 0 Å². The Morgan fingerprint density at radius 1 is 1.18 bits per heavy atom. The smallest absolute Gasteiger partial charge is 0.241 e. The molecule has 0 fully saturated rings. The highest BCUT2D eigenvalue weighted by Crippen LogP contribution is 2.29. The van der Waals surface area contributed by atoms with Crippen molar-refractivity contribution >= 4 is 39.1 Å². The number of anilines is 1. The van der Waals surface area contributed by atoms with Crippen LogP contribution in [0.25, 0.3) is 0 Å². The minimum atomic E-state index is -0.265. The van der Waals surface area contributed by atoms with Gasteiger partial charge in [-0.05, 0) is 42.5 Å². The SMILES string of the molecule is O=C(C(Br)Cc1ccccc1Cl)N1CCCc2ccccc21. The highest BCUT2D eigenvalue weighted by Gasteiger charge is 2.27. The minimum Gasteiger partial charge on any atom is -0.311 e. The molecule has 1 unspecified atom stereocenters. The number of benzene rings is 2. The van der Waals surface area contributed by atoms with E-state index in [9.17, 15) is 4.79 Å². The van der Waals surface area contributed by atoms with Crippen LogP contribution in [-0.2, 0) is 17.6 Å². The van der Waals surface area contributed by atoms with Crippen LogP contribution < -0.4 is 4.90 Å². The van der Waals surface area contributed by atoms with E-state index in [4.69, 9.17) is 11.6 Å². The van der Waals surface area contributed by atoms with Gasteiger partial charge in [0.05, 0.1) is 4.83 Å². The van der Waals surface area contributed by atoms with Crippen LogP contribution in [0.1, 0.15) is 17.5 Å². The van der Waals surface area contributed by atoms with Crippen molar-refractivity contribution in [3.8, 4) is 0 Å². The number of alkyl halides is 1. The van der Waals surface area contributed by atoms with Gasteiger partial charge in [0.25, 0.3) is 0 Å². The molecule has 0 saturated carbocycles. The summed E-state index contributed by atoms with van der Waals surface area (Å²) in [7, 11) is 0. The first-order valence-corrected chi connectivity index (χ1v) is 8.73. The van der Waals surface area contributed by atoms with Crippen molar-refractivity contribution in [1.29, 1.82) is 0 Å². The first kappa shape index (κ1) is 15.6. The Hall–Kier alpha value is -1.32. The second-order valence-electron chi connectivity index (χ2n) is 5.49. The molecule has 3 rings (SSSR count). The van der Waals surface area contributed by atoms with Gasteiger partial charge in [0, 0.05) is 17.3 Å². The fourth-order valence-corrected chi connectivity index (χ4v) is 3.68. The number of hydrogen-bond acceptors (Lipinski definition) is 1. The third kappa shape index (κ3) is 3.21. The Kier molecular flexibility index (Phi) is 4.84. The number of halogens is 2. The first-order chi connectivity index (χ1) is 10.7. The van der Waals surface area contributed by atoms with Crippen LogP contribution in [0.4, 0.5) is 5.69 Å². The Morgan fingerprint density at radius 2 is 1.91 bits per heavy atom. The van der Waals surface area contributed by atoms with Crippen molar-refractivity contribution in [2.24, 2.45) is 0 Å². The molecule has 0 spiro atoms. The fourth-order valence-electron chi connectivity index (χ4n) is 2.88. The number of hydrogen-bond donors (Lipinski definition) is 0. The third-order valence-electron chi connectivity index (χ3n) is 4.00. The van der Waals surface area contributed by atoms with Crippen LogP contribution in [0.15, 0.2) is 48.5 Å². The molecule has 4 heteroatoms. The van der Waals surface area contributed by atoms with E-state index in [1.54, 1.807) is 0 Å². The van der Waals surface area contributed by atoms with Gasteiger partial charge in [0.1, 0.15) is 0 Å². The van der Waals surface area contributed by atoms with E-state index in [0.717, 1.165) is 30.6 Å². The monoisotopic (exact) mass is 377 g/mol. The summed E-state index contributed by atoms with van der Waals surface area (Å²) in [6, 6.07) is 15.8. The summed E-state index contributed by atoms with van der Waals surface area (Å²) in [6.45, 7) is 0.778. The van der Waals surface area contributed by atoms with Gasteiger partial charge in [0.2, 0.25) is 5.91 Å². The van der Waals surface area contributed by atoms with Gasteiger partial charge in [-0.1, -0.05) is 63.9 Å². The van der Waals surface area contributed by atoms with Crippen LogP contribution in [-0.4, -0.2) is 17.3 Å². The molecule has 1 amide bonds. The summed E-state index contributed by atoms with van der Waals surface area (Å²) in [5.74, 6) is 0.104. The summed E-state index contributed by atoms with van der Waals surface area (Å²) < 4.78 is 0. The lowest BCUT2D eigenvalue weighted by Gasteiger charge is -2.31. The molecule has 22 heavy (non-hydrogen) atoms. The maximum absolute atomic E-state index is 12.8. The van der Waals surface area contributed by atoms with Crippen LogP contribution in [0, 0.1) is 0 Å². The van der Waals surface area contributed by atoms with Crippen molar-refractivity contribution < 1.29 is 4.79 Å². The van der Waals surface area contributed by atoms with E-state index in [1.807, 2.05) is 47.4 Å². The molecule has 1 aliphatic rings. The number of para-hydroxylation sites is 1. The number of amides is 1. The molecule has 1 heterocycles. The van der Waals surface area contributed by atoms with Crippen molar-refractivity contribution in [2.45, 2.75) is 24.1 Å². The summed E-state index contributed by atoms with van der Waals surface area (Å²) in [5, 5.41) is 0.707. The second kappa shape index (κ2) is 6.84. The van der Waals surface area contributed by atoms with Gasteiger partial charge in [0.15, 0.2) is 0 Å². The predicted molar refractivity (Wildman–Crippen MR) is 95.0 cm³/mol. The summed E-state index contributed by atoms with van der Waals surface area (Å²) in [4.78, 5) is 14.4. The zero-order valence-electron chi connectivity index (χ0n) is 12.1. The lowest BCUT2D eigenvalue weighted by Crippen LogP contribution is -2.40. The van der Waals surface area contributed by atoms with Crippen LogP contribution >= 0.6 is 27.5 Å². The number of nitrogens with zero attached hydrogens (tertiary/aromatic N) is 1. The van der Waals surface area contributed by atoms with Gasteiger partial charge in [-0.15, -0.1) is 0 Å². The van der Waals surface area contributed by atoms with Crippen molar-refractivity contribution in [2.75, 3.05) is 11.4 Å². The third-order valence-corrected chi connectivity index (χ3v) is 5.09. The Bertz CT molecular complexity index is 688. The highest BCUT2D eigenvalue weighted by atomic mass is 79.9. The van der Waals surface area contributed by atoms with E-state index in [1.165, 1.54) is 5.56 Å². The molecule has 2 aromatic rings. The minimum absolute atomic E-state index is 0.104. The van der Waals surface area contributed by atoms with Gasteiger partial charge < -0.3 is 4.90 Å². The lowest BCUT2D eigenvalue weighted by atomic mass is 10.0. The number of carbonyl (C=O) groups is 1. The molecule has 0 aromatic heterocycles. The molecule has 0 saturated heterocycles. The van der Waals surface area contributed by atoms with Crippen LogP contribution in [0.2, 0.25) is 5.02 Å². The molecule has 1 atom stereocenters. The Morgan fingerprint density at radius 3 is 2.73 bits per heavy atom. The molecule has 1 aliphatic heterocycles. The highest BCUT2D eigenvalue weighted by molar-refractivity contribution is 9.10. The molecule has 0 N–H and O–H groups in total. The van der Waals surface area contributed by atoms with E-state index in [2.05, 4.69) is 22.0 Å². The predicted octanol–water partition coefficient (Wildman–Crippen LogP) is 4.63. The quantitative estimate of drug-likeness (QED) is 0.713. The van der Waals surface area contributed by atoms with E-state index >= 15 is 0 Å². The van der Waals surface area contributed by atoms with E-state index in [0.29, 0.717) is 11.4 Å². The van der Waals surface area contributed by atoms with Gasteiger partial charge >= 0.3 is 0 Å². The maximum atomic E-state index is 12.8. The summed E-state index contributed by atoms with van der Waals surface area (Å²) in [5.41, 5.74) is 3.28. The van der Waals surface area contributed by atoms with Crippen LogP contribution in [0.5, 0.6) is 0 Å². The maximum Gasteiger partial charge on any atom is 0.241 e. The lowest BCUT2D eigenvalue weighted by molar-refractivity contribution is -0.118. The number of carbonyl (C=O) groups excluding carboxylic acids is 1. The molecule has 0 bridgehead atoms. The Balaban J connectivity index is 1.78. The zero-order valence-corrected chi connectivity index (χ0v) is 14.5. The largest absolute Gasteiger partial charge is 0.311 e. The number of fused-ring (bicyclic) bond motifs is 1. The normalized spacial score (nSPS) is 15.3. The van der Waals surface area contributed by atoms with Crippen molar-refractivity contribution in [1.82, 2.24) is 0 Å². The average molecular weight is 379 g/mol. The van der Waals surface area contributed by atoms with Gasteiger partial charge in [-0.3, -0.25) is 4.79 Å².